The zero-order chi connectivity index (χ0) is 10.8. The van der Waals surface area contributed by atoms with Gasteiger partial charge in [0.25, 0.3) is 5.19 Å². The number of nitrogen functional groups attached to an aromatic ring is 1. The second kappa shape index (κ2) is 4.16. The summed E-state index contributed by atoms with van der Waals surface area (Å²) < 4.78 is 18.9. The molecule has 3 nitrogen and oxygen atoms in total. The third-order valence-corrected chi connectivity index (χ3v) is 2.71. The molecule has 78 valence electrons. The summed E-state index contributed by atoms with van der Waals surface area (Å²) in [7, 11) is 0. The number of hydrogen-bond acceptors (Lipinski definition) is 4. The fraction of sp³-hybridized carbons (Fsp3) is 0. The molecule has 0 atom stereocenters. The number of ether oxygens (including phenoxy) is 1. The largest absolute Gasteiger partial charge is 0.431 e. The van der Waals surface area contributed by atoms with E-state index in [2.05, 4.69) is 20.9 Å². The number of nitrogens with zero attached hydrogens (tertiary/aromatic N) is 1. The molecule has 0 saturated heterocycles. The molecule has 2 N–H and O–H groups in total. The molecule has 0 fully saturated rings. The number of thiazole rings is 1. The lowest BCUT2D eigenvalue weighted by Gasteiger charge is -2.01. The van der Waals surface area contributed by atoms with Crippen molar-refractivity contribution in [3.63, 3.8) is 0 Å². The Hall–Kier alpha value is -1.14. The van der Waals surface area contributed by atoms with E-state index in [0.717, 1.165) is 0 Å². The molecule has 2 aromatic rings. The van der Waals surface area contributed by atoms with Crippen molar-refractivity contribution < 1.29 is 9.13 Å². The quantitative estimate of drug-likeness (QED) is 0.921. The minimum atomic E-state index is -0.371. The molecule has 0 saturated carbocycles. The topological polar surface area (TPSA) is 48.1 Å². The van der Waals surface area contributed by atoms with E-state index >= 15 is 0 Å². The molecule has 0 aliphatic carbocycles. The molecule has 1 aromatic carbocycles. The normalized spacial score (nSPS) is 10.3. The fourth-order valence-electron chi connectivity index (χ4n) is 1.01. The highest BCUT2D eigenvalue weighted by atomic mass is 79.9. The van der Waals surface area contributed by atoms with Gasteiger partial charge in [0.05, 0.1) is 6.20 Å². The van der Waals surface area contributed by atoms with Gasteiger partial charge in [0.1, 0.15) is 16.6 Å². The van der Waals surface area contributed by atoms with Gasteiger partial charge in [0.15, 0.2) is 0 Å². The number of halogens is 2. The average molecular weight is 289 g/mol. The molecular formula is C9H6BrFN2OS. The Morgan fingerprint density at radius 3 is 2.80 bits per heavy atom. The van der Waals surface area contributed by atoms with Gasteiger partial charge in [-0.05, 0) is 12.1 Å². The third kappa shape index (κ3) is 2.66. The summed E-state index contributed by atoms with van der Waals surface area (Å²) in [5, 5.41) is 0.950. The summed E-state index contributed by atoms with van der Waals surface area (Å²) in [6, 6.07) is 4.28. The first-order valence-corrected chi connectivity index (χ1v) is 5.60. The SMILES string of the molecule is Nc1cnc(Oc2cc(F)cc(Br)c2)s1. The minimum absolute atomic E-state index is 0.371. The van der Waals surface area contributed by atoms with Crippen molar-refractivity contribution in [2.45, 2.75) is 0 Å². The van der Waals surface area contributed by atoms with E-state index in [0.29, 0.717) is 20.4 Å². The summed E-state index contributed by atoms with van der Waals surface area (Å²) >= 11 is 4.37. The summed E-state index contributed by atoms with van der Waals surface area (Å²) in [6.07, 6.45) is 1.49. The molecule has 0 aliphatic heterocycles. The summed E-state index contributed by atoms with van der Waals surface area (Å²) in [6.45, 7) is 0. The number of hydrogen-bond donors (Lipinski definition) is 1. The maximum atomic E-state index is 13.0. The number of benzene rings is 1. The monoisotopic (exact) mass is 288 g/mol. The molecule has 0 radical (unpaired) electrons. The minimum Gasteiger partial charge on any atom is -0.431 e. The Bertz CT molecular complexity index is 468. The van der Waals surface area contributed by atoms with E-state index < -0.39 is 0 Å². The first kappa shape index (κ1) is 10.4. The lowest BCUT2D eigenvalue weighted by molar-refractivity contribution is 0.472. The van der Waals surface area contributed by atoms with Gasteiger partial charge in [-0.3, -0.25) is 0 Å². The van der Waals surface area contributed by atoms with Crippen LogP contribution in [-0.4, -0.2) is 4.98 Å². The van der Waals surface area contributed by atoms with Crippen LogP contribution in [0.2, 0.25) is 0 Å². The highest BCUT2D eigenvalue weighted by Crippen LogP contribution is 2.29. The third-order valence-electron chi connectivity index (χ3n) is 1.54. The number of nitrogens with two attached hydrogens (primary N) is 1. The van der Waals surface area contributed by atoms with Crippen molar-refractivity contribution in [3.8, 4) is 10.9 Å². The fourth-order valence-corrected chi connectivity index (χ4v) is 2.00. The standard InChI is InChI=1S/C9H6BrFN2OS/c10-5-1-6(11)3-7(2-5)14-9-13-4-8(12)15-9/h1-4H,12H2. The predicted molar refractivity (Wildman–Crippen MR) is 60.7 cm³/mol. The van der Waals surface area contributed by atoms with E-state index in [9.17, 15) is 4.39 Å². The van der Waals surface area contributed by atoms with Gasteiger partial charge in [-0.1, -0.05) is 27.3 Å². The molecule has 6 heteroatoms. The second-order valence-electron chi connectivity index (χ2n) is 2.74. The van der Waals surface area contributed by atoms with Crippen molar-refractivity contribution in [2.75, 3.05) is 5.73 Å². The Labute approximate surface area is 97.8 Å². The lowest BCUT2D eigenvalue weighted by atomic mass is 10.3. The van der Waals surface area contributed by atoms with Crippen LogP contribution in [0.3, 0.4) is 0 Å². The van der Waals surface area contributed by atoms with Crippen LogP contribution in [0.1, 0.15) is 0 Å². The Kier molecular flexibility index (Phi) is 2.88. The molecule has 2 rings (SSSR count). The van der Waals surface area contributed by atoms with Gasteiger partial charge in [-0.25, -0.2) is 9.37 Å². The summed E-state index contributed by atoms with van der Waals surface area (Å²) in [5.74, 6) is 0.0140. The molecule has 0 aliphatic rings. The highest BCUT2D eigenvalue weighted by Gasteiger charge is 2.04. The van der Waals surface area contributed by atoms with Crippen molar-refractivity contribution in [1.29, 1.82) is 0 Å². The predicted octanol–water partition coefficient (Wildman–Crippen LogP) is 3.42. The zero-order valence-corrected chi connectivity index (χ0v) is 9.81. The number of rotatable bonds is 2. The van der Waals surface area contributed by atoms with Crippen LogP contribution in [0.25, 0.3) is 0 Å². The van der Waals surface area contributed by atoms with Crippen LogP contribution in [0.5, 0.6) is 10.9 Å². The van der Waals surface area contributed by atoms with E-state index in [-0.39, 0.29) is 5.82 Å². The zero-order valence-electron chi connectivity index (χ0n) is 7.41. The molecule has 0 unspecified atom stereocenters. The molecule has 15 heavy (non-hydrogen) atoms. The first-order chi connectivity index (χ1) is 7.13. The Balaban J connectivity index is 2.24. The molecule has 0 spiro atoms. The van der Waals surface area contributed by atoms with E-state index in [4.69, 9.17) is 10.5 Å². The number of anilines is 1. The van der Waals surface area contributed by atoms with Gasteiger partial charge in [-0.15, -0.1) is 0 Å². The molecular weight excluding hydrogens is 283 g/mol. The average Bonchev–Trinajstić information content (AvgIpc) is 2.49. The van der Waals surface area contributed by atoms with Gasteiger partial charge < -0.3 is 10.5 Å². The highest BCUT2D eigenvalue weighted by molar-refractivity contribution is 9.10. The van der Waals surface area contributed by atoms with E-state index in [1.54, 1.807) is 6.07 Å². The smallest absolute Gasteiger partial charge is 0.280 e. The van der Waals surface area contributed by atoms with E-state index in [1.165, 1.54) is 29.7 Å². The molecule has 1 heterocycles. The molecule has 0 bridgehead atoms. The summed E-state index contributed by atoms with van der Waals surface area (Å²) in [4.78, 5) is 3.90. The lowest BCUT2D eigenvalue weighted by Crippen LogP contribution is -1.84. The van der Waals surface area contributed by atoms with Crippen LogP contribution in [0.15, 0.2) is 28.9 Å². The van der Waals surface area contributed by atoms with Gasteiger partial charge >= 0.3 is 0 Å². The number of aromatic nitrogens is 1. The summed E-state index contributed by atoms with van der Waals surface area (Å²) in [5.41, 5.74) is 5.48. The van der Waals surface area contributed by atoms with E-state index in [1.807, 2.05) is 0 Å². The van der Waals surface area contributed by atoms with Gasteiger partial charge in [-0.2, -0.15) is 0 Å². The van der Waals surface area contributed by atoms with Crippen molar-refractivity contribution in [1.82, 2.24) is 4.98 Å². The molecule has 0 amide bonds. The van der Waals surface area contributed by atoms with Crippen molar-refractivity contribution >= 4 is 32.3 Å². The Morgan fingerprint density at radius 2 is 2.20 bits per heavy atom. The maximum Gasteiger partial charge on any atom is 0.280 e. The maximum absolute atomic E-state index is 13.0. The first-order valence-electron chi connectivity index (χ1n) is 3.99. The van der Waals surface area contributed by atoms with Crippen LogP contribution in [0, 0.1) is 5.82 Å². The van der Waals surface area contributed by atoms with Gasteiger partial charge in [0, 0.05) is 10.5 Å². The molecule has 1 aromatic heterocycles. The van der Waals surface area contributed by atoms with Crippen LogP contribution >= 0.6 is 27.3 Å². The van der Waals surface area contributed by atoms with Crippen LogP contribution in [-0.2, 0) is 0 Å². The van der Waals surface area contributed by atoms with Crippen molar-refractivity contribution in [3.05, 3.63) is 34.7 Å². The van der Waals surface area contributed by atoms with Crippen molar-refractivity contribution in [2.24, 2.45) is 0 Å². The Morgan fingerprint density at radius 1 is 1.40 bits per heavy atom. The van der Waals surface area contributed by atoms with Gasteiger partial charge in [0.2, 0.25) is 0 Å². The van der Waals surface area contributed by atoms with Crippen LogP contribution < -0.4 is 10.5 Å². The van der Waals surface area contributed by atoms with Crippen LogP contribution in [0.4, 0.5) is 9.39 Å². The second-order valence-corrected chi connectivity index (χ2v) is 4.68.